The molecule has 6 nitrogen and oxygen atoms in total. The molecule has 0 unspecified atom stereocenters. The number of nitrogens with one attached hydrogen (secondary N) is 1. The molecule has 0 aliphatic carbocycles. The number of halogens is 2. The Bertz CT molecular complexity index is 1150. The van der Waals surface area contributed by atoms with E-state index in [1.807, 2.05) is 0 Å². The zero-order valence-corrected chi connectivity index (χ0v) is 17.3. The first kappa shape index (κ1) is 20.7. The molecular weight excluding hydrogens is 423 g/mol. The van der Waals surface area contributed by atoms with Gasteiger partial charge in [-0.2, -0.15) is 0 Å². The maximum absolute atomic E-state index is 14.3. The van der Waals surface area contributed by atoms with Crippen molar-refractivity contribution in [2.24, 2.45) is 0 Å². The highest BCUT2D eigenvalue weighted by atomic mass is 35.5. The first-order valence-corrected chi connectivity index (χ1v) is 9.79. The molecule has 3 aromatic carbocycles. The van der Waals surface area contributed by atoms with Gasteiger partial charge in [0.25, 0.3) is 11.8 Å². The van der Waals surface area contributed by atoms with Crippen LogP contribution in [0.2, 0.25) is 5.02 Å². The van der Waals surface area contributed by atoms with Crippen LogP contribution in [-0.4, -0.2) is 25.5 Å². The van der Waals surface area contributed by atoms with E-state index in [0.717, 1.165) is 0 Å². The predicted octanol–water partition coefficient (Wildman–Crippen LogP) is 4.67. The van der Waals surface area contributed by atoms with Gasteiger partial charge in [0.05, 0.1) is 19.3 Å². The SMILES string of the molecule is COc1cccc(C(=O)Nc2ccc3c(c2)N(Cc2c(F)cccc2Cl)C(=O)CO3)c1. The van der Waals surface area contributed by atoms with Crippen LogP contribution in [0.4, 0.5) is 15.8 Å². The van der Waals surface area contributed by atoms with E-state index in [0.29, 0.717) is 28.4 Å². The molecule has 0 fully saturated rings. The van der Waals surface area contributed by atoms with E-state index < -0.39 is 5.82 Å². The fraction of sp³-hybridized carbons (Fsp3) is 0.130. The van der Waals surface area contributed by atoms with E-state index in [-0.39, 0.29) is 35.6 Å². The van der Waals surface area contributed by atoms with Gasteiger partial charge in [0, 0.05) is 21.8 Å². The Balaban J connectivity index is 1.62. The minimum absolute atomic E-state index is 0.0615. The third-order valence-corrected chi connectivity index (χ3v) is 5.22. The smallest absolute Gasteiger partial charge is 0.265 e. The minimum atomic E-state index is -0.504. The van der Waals surface area contributed by atoms with Gasteiger partial charge in [-0.05, 0) is 48.5 Å². The minimum Gasteiger partial charge on any atom is -0.497 e. The van der Waals surface area contributed by atoms with Crippen LogP contribution in [0.25, 0.3) is 0 Å². The highest BCUT2D eigenvalue weighted by molar-refractivity contribution is 6.31. The molecule has 31 heavy (non-hydrogen) atoms. The van der Waals surface area contributed by atoms with Gasteiger partial charge in [-0.25, -0.2) is 4.39 Å². The average molecular weight is 441 g/mol. The third kappa shape index (κ3) is 4.32. The van der Waals surface area contributed by atoms with Crippen LogP contribution in [-0.2, 0) is 11.3 Å². The molecule has 0 saturated carbocycles. The number of benzene rings is 3. The molecule has 4 rings (SSSR count). The van der Waals surface area contributed by atoms with Crippen molar-refractivity contribution >= 4 is 34.8 Å². The van der Waals surface area contributed by atoms with Crippen molar-refractivity contribution in [2.75, 3.05) is 23.9 Å². The van der Waals surface area contributed by atoms with Crippen molar-refractivity contribution in [3.8, 4) is 11.5 Å². The molecule has 158 valence electrons. The molecule has 8 heteroatoms. The lowest BCUT2D eigenvalue weighted by atomic mass is 10.1. The van der Waals surface area contributed by atoms with Gasteiger partial charge in [0.1, 0.15) is 17.3 Å². The number of carbonyl (C=O) groups excluding carboxylic acids is 2. The van der Waals surface area contributed by atoms with Crippen molar-refractivity contribution in [1.29, 1.82) is 0 Å². The summed E-state index contributed by atoms with van der Waals surface area (Å²) >= 11 is 6.14. The number of nitrogens with zero attached hydrogens (tertiary/aromatic N) is 1. The van der Waals surface area contributed by atoms with Crippen molar-refractivity contribution in [3.05, 3.63) is 82.6 Å². The number of methoxy groups -OCH3 is 1. The molecule has 1 heterocycles. The lowest BCUT2D eigenvalue weighted by molar-refractivity contribution is -0.121. The summed E-state index contributed by atoms with van der Waals surface area (Å²) in [5.41, 5.74) is 1.49. The van der Waals surface area contributed by atoms with Crippen molar-refractivity contribution in [1.82, 2.24) is 0 Å². The fourth-order valence-corrected chi connectivity index (χ4v) is 3.49. The number of hydrogen-bond acceptors (Lipinski definition) is 4. The molecule has 0 aromatic heterocycles. The molecule has 0 radical (unpaired) electrons. The van der Waals surface area contributed by atoms with E-state index in [4.69, 9.17) is 21.1 Å². The number of amides is 2. The Kier molecular flexibility index (Phi) is 5.77. The first-order valence-electron chi connectivity index (χ1n) is 9.42. The zero-order valence-electron chi connectivity index (χ0n) is 16.5. The fourth-order valence-electron chi connectivity index (χ4n) is 3.26. The largest absolute Gasteiger partial charge is 0.497 e. The quantitative estimate of drug-likeness (QED) is 0.626. The molecule has 0 atom stereocenters. The molecule has 1 aliphatic rings. The van der Waals surface area contributed by atoms with Crippen LogP contribution >= 0.6 is 11.6 Å². The number of hydrogen-bond donors (Lipinski definition) is 1. The number of anilines is 2. The monoisotopic (exact) mass is 440 g/mol. The highest BCUT2D eigenvalue weighted by Gasteiger charge is 2.27. The summed E-state index contributed by atoms with van der Waals surface area (Å²) in [5.74, 6) is -0.180. The molecule has 1 N–H and O–H groups in total. The summed E-state index contributed by atoms with van der Waals surface area (Å²) in [5, 5.41) is 3.02. The summed E-state index contributed by atoms with van der Waals surface area (Å²) < 4.78 is 24.9. The number of rotatable bonds is 5. The van der Waals surface area contributed by atoms with E-state index in [9.17, 15) is 14.0 Å². The lowest BCUT2D eigenvalue weighted by Crippen LogP contribution is -2.38. The van der Waals surface area contributed by atoms with Gasteiger partial charge in [0.2, 0.25) is 0 Å². The normalized spacial score (nSPS) is 12.7. The summed E-state index contributed by atoms with van der Waals surface area (Å²) in [6.07, 6.45) is 0. The van der Waals surface area contributed by atoms with Crippen LogP contribution in [0, 0.1) is 5.82 Å². The van der Waals surface area contributed by atoms with Crippen molar-refractivity contribution < 1.29 is 23.5 Å². The predicted molar refractivity (Wildman–Crippen MR) is 115 cm³/mol. The number of ether oxygens (including phenoxy) is 2. The van der Waals surface area contributed by atoms with Gasteiger partial charge < -0.3 is 19.7 Å². The van der Waals surface area contributed by atoms with Crippen LogP contribution in [0.5, 0.6) is 11.5 Å². The molecule has 1 aliphatic heterocycles. The second-order valence-electron chi connectivity index (χ2n) is 6.84. The number of carbonyl (C=O) groups is 2. The van der Waals surface area contributed by atoms with Gasteiger partial charge in [-0.3, -0.25) is 9.59 Å². The van der Waals surface area contributed by atoms with Gasteiger partial charge >= 0.3 is 0 Å². The Morgan fingerprint density at radius 1 is 1.19 bits per heavy atom. The topological polar surface area (TPSA) is 67.9 Å². The summed E-state index contributed by atoms with van der Waals surface area (Å²) in [6.45, 7) is -0.234. The van der Waals surface area contributed by atoms with Crippen LogP contribution in [0.15, 0.2) is 60.7 Å². The molecule has 2 amide bonds. The van der Waals surface area contributed by atoms with Crippen LogP contribution in [0.1, 0.15) is 15.9 Å². The van der Waals surface area contributed by atoms with Crippen LogP contribution < -0.4 is 19.7 Å². The van der Waals surface area contributed by atoms with E-state index in [2.05, 4.69) is 5.32 Å². The van der Waals surface area contributed by atoms with Crippen molar-refractivity contribution in [2.45, 2.75) is 6.54 Å². The molecular formula is C23H18ClFN2O4. The molecule has 3 aromatic rings. The summed E-state index contributed by atoms with van der Waals surface area (Å²) in [4.78, 5) is 26.6. The van der Waals surface area contributed by atoms with E-state index in [1.54, 1.807) is 48.5 Å². The third-order valence-electron chi connectivity index (χ3n) is 4.87. The standard InChI is InChI=1S/C23H18ClFN2O4/c1-30-16-5-2-4-14(10-16)23(29)26-15-8-9-21-20(11-15)27(22(28)13-31-21)12-17-18(24)6-3-7-19(17)25/h2-11H,12-13H2,1H3,(H,26,29). The summed E-state index contributed by atoms with van der Waals surface area (Å²) in [6, 6.07) is 16.0. The van der Waals surface area contributed by atoms with E-state index in [1.165, 1.54) is 24.1 Å². The van der Waals surface area contributed by atoms with Gasteiger partial charge in [0.15, 0.2) is 6.61 Å². The van der Waals surface area contributed by atoms with Gasteiger partial charge in [-0.1, -0.05) is 23.7 Å². The average Bonchev–Trinajstić information content (AvgIpc) is 2.77. The van der Waals surface area contributed by atoms with Crippen molar-refractivity contribution in [3.63, 3.8) is 0 Å². The Hall–Kier alpha value is -3.58. The first-order chi connectivity index (χ1) is 15.0. The Morgan fingerprint density at radius 2 is 2.00 bits per heavy atom. The van der Waals surface area contributed by atoms with E-state index >= 15 is 0 Å². The Morgan fingerprint density at radius 3 is 2.77 bits per heavy atom. The molecule has 0 spiro atoms. The maximum Gasteiger partial charge on any atom is 0.265 e. The highest BCUT2D eigenvalue weighted by Crippen LogP contribution is 2.36. The summed E-state index contributed by atoms with van der Waals surface area (Å²) in [7, 11) is 1.52. The Labute approximate surface area is 183 Å². The second-order valence-corrected chi connectivity index (χ2v) is 7.24. The lowest BCUT2D eigenvalue weighted by Gasteiger charge is -2.30. The zero-order chi connectivity index (χ0) is 22.0. The molecule has 0 bridgehead atoms. The van der Waals surface area contributed by atoms with Crippen LogP contribution in [0.3, 0.4) is 0 Å². The second kappa shape index (κ2) is 8.65. The number of fused-ring (bicyclic) bond motifs is 1. The van der Waals surface area contributed by atoms with Gasteiger partial charge in [-0.15, -0.1) is 0 Å². The maximum atomic E-state index is 14.3. The molecule has 0 saturated heterocycles.